The Labute approximate surface area is 170 Å². The van der Waals surface area contributed by atoms with Gasteiger partial charge in [0.1, 0.15) is 0 Å². The van der Waals surface area contributed by atoms with Crippen LogP contribution in [0.4, 0.5) is 0 Å². The number of thiocarbonyl (C=S) groups is 1. The van der Waals surface area contributed by atoms with Crippen LogP contribution in [-0.2, 0) is 13.1 Å². The first-order valence-corrected chi connectivity index (χ1v) is 9.92. The summed E-state index contributed by atoms with van der Waals surface area (Å²) in [6.45, 7) is 7.57. The average molecular weight is 408 g/mol. The van der Waals surface area contributed by atoms with E-state index in [9.17, 15) is 0 Å². The number of halogens is 2. The molecular formula is C20H23Cl2N3S. The monoisotopic (exact) mass is 407 g/mol. The van der Waals surface area contributed by atoms with Crippen molar-refractivity contribution >= 4 is 40.5 Å². The van der Waals surface area contributed by atoms with Crippen molar-refractivity contribution in [2.45, 2.75) is 20.0 Å². The van der Waals surface area contributed by atoms with Crippen LogP contribution in [0.25, 0.3) is 0 Å². The Morgan fingerprint density at radius 1 is 0.962 bits per heavy atom. The smallest absolute Gasteiger partial charge is 0.169 e. The maximum atomic E-state index is 6.11. The van der Waals surface area contributed by atoms with Crippen LogP contribution in [-0.4, -0.2) is 41.1 Å². The average Bonchev–Trinajstić information content (AvgIpc) is 2.65. The third-order valence-corrected chi connectivity index (χ3v) is 5.76. The lowest BCUT2D eigenvalue weighted by molar-refractivity contribution is 0.174. The molecule has 1 saturated heterocycles. The van der Waals surface area contributed by atoms with E-state index in [0.717, 1.165) is 44.4 Å². The van der Waals surface area contributed by atoms with Gasteiger partial charge in [0.15, 0.2) is 5.11 Å². The second kappa shape index (κ2) is 9.05. The van der Waals surface area contributed by atoms with Crippen LogP contribution >= 0.6 is 35.4 Å². The zero-order valence-electron chi connectivity index (χ0n) is 14.8. The fourth-order valence-electron chi connectivity index (χ4n) is 3.00. The molecule has 0 bridgehead atoms. The Hall–Kier alpha value is -1.33. The van der Waals surface area contributed by atoms with Gasteiger partial charge < -0.3 is 10.2 Å². The van der Waals surface area contributed by atoms with Crippen LogP contribution in [0.5, 0.6) is 0 Å². The maximum Gasteiger partial charge on any atom is 0.169 e. The minimum atomic E-state index is 0.602. The molecule has 0 radical (unpaired) electrons. The molecule has 2 aromatic rings. The summed E-state index contributed by atoms with van der Waals surface area (Å²) in [5.41, 5.74) is 3.71. The van der Waals surface area contributed by atoms with E-state index in [1.54, 1.807) is 0 Å². The molecule has 0 saturated carbocycles. The molecule has 1 aliphatic heterocycles. The van der Waals surface area contributed by atoms with Crippen LogP contribution in [0.1, 0.15) is 16.7 Å². The summed E-state index contributed by atoms with van der Waals surface area (Å²) in [6, 6.07) is 14.4. The van der Waals surface area contributed by atoms with Gasteiger partial charge >= 0.3 is 0 Å². The quantitative estimate of drug-likeness (QED) is 0.751. The van der Waals surface area contributed by atoms with Crippen molar-refractivity contribution in [3.8, 4) is 0 Å². The van der Waals surface area contributed by atoms with Gasteiger partial charge in [-0.2, -0.15) is 0 Å². The molecule has 1 fully saturated rings. The SMILES string of the molecule is Cc1ccc(CNC(=S)N2CCN(Cc3ccc(Cl)c(Cl)c3)CC2)cc1. The predicted molar refractivity (Wildman–Crippen MR) is 114 cm³/mol. The highest BCUT2D eigenvalue weighted by Gasteiger charge is 2.19. The van der Waals surface area contributed by atoms with Gasteiger partial charge in [0.25, 0.3) is 0 Å². The fourth-order valence-corrected chi connectivity index (χ4v) is 3.58. The molecule has 26 heavy (non-hydrogen) atoms. The largest absolute Gasteiger partial charge is 0.358 e. The van der Waals surface area contributed by atoms with Crippen molar-refractivity contribution in [3.05, 3.63) is 69.2 Å². The van der Waals surface area contributed by atoms with Gasteiger partial charge in [-0.05, 0) is 42.4 Å². The second-order valence-corrected chi connectivity index (χ2v) is 7.86. The van der Waals surface area contributed by atoms with E-state index in [1.807, 2.05) is 18.2 Å². The molecule has 0 spiro atoms. The normalized spacial score (nSPS) is 15.1. The first kappa shape index (κ1) is 19.4. The summed E-state index contributed by atoms with van der Waals surface area (Å²) < 4.78 is 0. The Balaban J connectivity index is 1.44. The first-order chi connectivity index (χ1) is 12.5. The summed E-state index contributed by atoms with van der Waals surface area (Å²) in [5.74, 6) is 0. The number of benzene rings is 2. The van der Waals surface area contributed by atoms with E-state index in [1.165, 1.54) is 16.7 Å². The molecule has 0 atom stereocenters. The zero-order valence-corrected chi connectivity index (χ0v) is 17.2. The highest BCUT2D eigenvalue weighted by atomic mass is 35.5. The molecule has 0 unspecified atom stereocenters. The summed E-state index contributed by atoms with van der Waals surface area (Å²) in [6.07, 6.45) is 0. The van der Waals surface area contributed by atoms with Gasteiger partial charge in [0.05, 0.1) is 10.0 Å². The predicted octanol–water partition coefficient (Wildman–Crippen LogP) is 4.49. The Kier molecular flexibility index (Phi) is 6.76. The molecule has 0 amide bonds. The third-order valence-electron chi connectivity index (χ3n) is 4.61. The van der Waals surface area contributed by atoms with Gasteiger partial charge in [0.2, 0.25) is 0 Å². The highest BCUT2D eigenvalue weighted by molar-refractivity contribution is 7.80. The van der Waals surface area contributed by atoms with Crippen molar-refractivity contribution in [2.75, 3.05) is 26.2 Å². The van der Waals surface area contributed by atoms with Gasteiger partial charge in [-0.3, -0.25) is 4.90 Å². The number of nitrogens with one attached hydrogen (secondary N) is 1. The minimum Gasteiger partial charge on any atom is -0.358 e. The van der Waals surface area contributed by atoms with Crippen molar-refractivity contribution < 1.29 is 0 Å². The number of hydrogen-bond donors (Lipinski definition) is 1. The number of nitrogens with zero attached hydrogens (tertiary/aromatic N) is 2. The number of aryl methyl sites for hydroxylation is 1. The molecule has 3 nitrogen and oxygen atoms in total. The van der Waals surface area contributed by atoms with Gasteiger partial charge in [-0.15, -0.1) is 0 Å². The number of rotatable bonds is 4. The maximum absolute atomic E-state index is 6.11. The molecule has 1 N–H and O–H groups in total. The van der Waals surface area contributed by atoms with Gasteiger partial charge in [-0.1, -0.05) is 59.1 Å². The lowest BCUT2D eigenvalue weighted by Crippen LogP contribution is -2.51. The van der Waals surface area contributed by atoms with E-state index < -0.39 is 0 Å². The van der Waals surface area contributed by atoms with Crippen molar-refractivity contribution in [3.63, 3.8) is 0 Å². The van der Waals surface area contributed by atoms with Crippen LogP contribution in [0, 0.1) is 6.92 Å². The molecule has 0 aliphatic carbocycles. The minimum absolute atomic E-state index is 0.602. The third kappa shape index (κ3) is 5.34. The van der Waals surface area contributed by atoms with Crippen LogP contribution in [0.3, 0.4) is 0 Å². The standard InChI is InChI=1S/C20H23Cl2N3S/c1-15-2-4-16(5-3-15)13-23-20(26)25-10-8-24(9-11-25)14-17-6-7-18(21)19(22)12-17/h2-7,12H,8-11,13-14H2,1H3,(H,23,26). The molecule has 138 valence electrons. The van der Waals surface area contributed by atoms with Gasteiger partial charge in [0, 0.05) is 39.3 Å². The van der Waals surface area contributed by atoms with Crippen molar-refractivity contribution in [1.82, 2.24) is 15.1 Å². The van der Waals surface area contributed by atoms with Crippen molar-refractivity contribution in [1.29, 1.82) is 0 Å². The highest BCUT2D eigenvalue weighted by Crippen LogP contribution is 2.23. The van der Waals surface area contributed by atoms with Crippen LogP contribution < -0.4 is 5.32 Å². The number of piperazine rings is 1. The molecule has 2 aromatic carbocycles. The molecule has 0 aromatic heterocycles. The topological polar surface area (TPSA) is 18.5 Å². The zero-order chi connectivity index (χ0) is 18.5. The number of hydrogen-bond acceptors (Lipinski definition) is 2. The summed E-state index contributed by atoms with van der Waals surface area (Å²) >= 11 is 17.7. The first-order valence-electron chi connectivity index (χ1n) is 8.76. The molecular weight excluding hydrogens is 385 g/mol. The van der Waals surface area contributed by atoms with E-state index in [2.05, 4.69) is 46.3 Å². The molecule has 6 heteroatoms. The summed E-state index contributed by atoms with van der Waals surface area (Å²) in [4.78, 5) is 4.66. The van der Waals surface area contributed by atoms with E-state index >= 15 is 0 Å². The molecule has 3 rings (SSSR count). The summed E-state index contributed by atoms with van der Waals surface area (Å²) in [7, 11) is 0. The molecule has 1 heterocycles. The van der Waals surface area contributed by atoms with E-state index in [-0.39, 0.29) is 0 Å². The van der Waals surface area contributed by atoms with E-state index in [4.69, 9.17) is 35.4 Å². The Morgan fingerprint density at radius 2 is 1.62 bits per heavy atom. The molecule has 1 aliphatic rings. The van der Waals surface area contributed by atoms with Crippen LogP contribution in [0.2, 0.25) is 10.0 Å². The lowest BCUT2D eigenvalue weighted by Gasteiger charge is -2.36. The Morgan fingerprint density at radius 3 is 2.27 bits per heavy atom. The van der Waals surface area contributed by atoms with Crippen molar-refractivity contribution in [2.24, 2.45) is 0 Å². The van der Waals surface area contributed by atoms with Crippen LogP contribution in [0.15, 0.2) is 42.5 Å². The summed E-state index contributed by atoms with van der Waals surface area (Å²) in [5, 5.41) is 5.42. The fraction of sp³-hybridized carbons (Fsp3) is 0.350. The Bertz CT molecular complexity index is 756. The second-order valence-electron chi connectivity index (χ2n) is 6.66. The van der Waals surface area contributed by atoms with E-state index in [0.29, 0.717) is 10.0 Å². The van der Waals surface area contributed by atoms with Gasteiger partial charge in [-0.25, -0.2) is 0 Å². The lowest BCUT2D eigenvalue weighted by atomic mass is 10.1.